The first kappa shape index (κ1) is 12.6. The molecule has 0 radical (unpaired) electrons. The van der Waals surface area contributed by atoms with E-state index in [1.807, 2.05) is 30.3 Å². The van der Waals surface area contributed by atoms with Gasteiger partial charge in [-0.15, -0.1) is 0 Å². The largest absolute Gasteiger partial charge is 0.497 e. The molecular formula is C15H16FNO. The summed E-state index contributed by atoms with van der Waals surface area (Å²) in [5.74, 6) is 0.540. The van der Waals surface area contributed by atoms with Crippen LogP contribution < -0.4 is 10.5 Å². The van der Waals surface area contributed by atoms with Crippen LogP contribution in [0.15, 0.2) is 42.5 Å². The lowest BCUT2D eigenvalue weighted by Crippen LogP contribution is -2.03. The lowest BCUT2D eigenvalue weighted by molar-refractivity contribution is 0.415. The molecule has 0 bridgehead atoms. The molecule has 2 nitrogen and oxygen atoms in total. The number of benzene rings is 2. The molecule has 2 rings (SSSR count). The Morgan fingerprint density at radius 1 is 1.11 bits per heavy atom. The zero-order valence-electron chi connectivity index (χ0n) is 10.3. The van der Waals surface area contributed by atoms with Gasteiger partial charge < -0.3 is 10.5 Å². The third-order valence-corrected chi connectivity index (χ3v) is 2.86. The summed E-state index contributed by atoms with van der Waals surface area (Å²) in [6.45, 7) is 0.563. The van der Waals surface area contributed by atoms with Gasteiger partial charge in [-0.2, -0.15) is 0 Å². The highest BCUT2D eigenvalue weighted by Gasteiger charge is 2.06. The highest BCUT2D eigenvalue weighted by atomic mass is 19.1. The molecule has 2 N–H and O–H groups in total. The summed E-state index contributed by atoms with van der Waals surface area (Å²) in [6.07, 6.45) is 0.753. The molecule has 0 amide bonds. The molecule has 0 aliphatic rings. The lowest BCUT2D eigenvalue weighted by atomic mass is 10.0. The van der Waals surface area contributed by atoms with Crippen LogP contribution in [-0.2, 0) is 6.42 Å². The Morgan fingerprint density at radius 3 is 2.44 bits per heavy atom. The molecule has 0 spiro atoms. The first-order valence-electron chi connectivity index (χ1n) is 5.87. The van der Waals surface area contributed by atoms with Gasteiger partial charge >= 0.3 is 0 Å². The van der Waals surface area contributed by atoms with Crippen LogP contribution in [0.1, 0.15) is 5.56 Å². The number of hydrogen-bond acceptors (Lipinski definition) is 2. The highest BCUT2D eigenvalue weighted by Crippen LogP contribution is 2.26. The summed E-state index contributed by atoms with van der Waals surface area (Å²) >= 11 is 0. The van der Waals surface area contributed by atoms with Crippen LogP contribution in [0.3, 0.4) is 0 Å². The Balaban J connectivity index is 2.38. The van der Waals surface area contributed by atoms with Crippen LogP contribution in [-0.4, -0.2) is 13.7 Å². The van der Waals surface area contributed by atoms with Crippen LogP contribution in [0.25, 0.3) is 11.1 Å². The Labute approximate surface area is 106 Å². The topological polar surface area (TPSA) is 35.2 Å². The monoisotopic (exact) mass is 245 g/mol. The second kappa shape index (κ2) is 5.65. The summed E-state index contributed by atoms with van der Waals surface area (Å²) in [5.41, 5.74) is 8.00. The molecule has 0 aliphatic heterocycles. The van der Waals surface area contributed by atoms with E-state index in [0.29, 0.717) is 12.1 Å². The first-order chi connectivity index (χ1) is 8.74. The zero-order valence-corrected chi connectivity index (χ0v) is 10.3. The molecule has 2 aromatic rings. The van der Waals surface area contributed by atoms with Crippen molar-refractivity contribution in [3.05, 3.63) is 53.8 Å². The third-order valence-electron chi connectivity index (χ3n) is 2.86. The van der Waals surface area contributed by atoms with Crippen molar-refractivity contribution >= 4 is 0 Å². The van der Waals surface area contributed by atoms with Gasteiger partial charge in [-0.1, -0.05) is 18.2 Å². The number of halogens is 1. The normalized spacial score (nSPS) is 10.4. The number of ether oxygens (including phenoxy) is 1. The Morgan fingerprint density at radius 2 is 1.83 bits per heavy atom. The van der Waals surface area contributed by atoms with Crippen molar-refractivity contribution in [2.75, 3.05) is 13.7 Å². The van der Waals surface area contributed by atoms with E-state index in [9.17, 15) is 4.39 Å². The van der Waals surface area contributed by atoms with Gasteiger partial charge in [0.1, 0.15) is 11.6 Å². The molecule has 0 unspecified atom stereocenters. The molecule has 0 saturated carbocycles. The maximum atomic E-state index is 13.8. The minimum Gasteiger partial charge on any atom is -0.497 e. The van der Waals surface area contributed by atoms with Gasteiger partial charge in [0.15, 0.2) is 0 Å². The number of methoxy groups -OCH3 is 1. The summed E-state index contributed by atoms with van der Waals surface area (Å²) in [6, 6.07) is 12.5. The highest BCUT2D eigenvalue weighted by molar-refractivity contribution is 5.65. The standard InChI is InChI=1S/C15H16FNO/c1-18-13-5-3-12(4-6-13)14-10-11(8-9-17)2-7-15(14)16/h2-7,10H,8-9,17H2,1H3. The van der Waals surface area contributed by atoms with Crippen LogP contribution in [0.2, 0.25) is 0 Å². The summed E-state index contributed by atoms with van der Waals surface area (Å²) < 4.78 is 18.9. The second-order valence-electron chi connectivity index (χ2n) is 4.08. The maximum Gasteiger partial charge on any atom is 0.131 e. The average Bonchev–Trinajstić information content (AvgIpc) is 2.41. The molecule has 2 aromatic carbocycles. The summed E-state index contributed by atoms with van der Waals surface area (Å²) in [5, 5.41) is 0. The van der Waals surface area contributed by atoms with Gasteiger partial charge in [-0.25, -0.2) is 4.39 Å². The van der Waals surface area contributed by atoms with E-state index in [0.717, 1.165) is 23.3 Å². The van der Waals surface area contributed by atoms with Gasteiger partial charge in [0.05, 0.1) is 7.11 Å². The van der Waals surface area contributed by atoms with Crippen LogP contribution >= 0.6 is 0 Å². The SMILES string of the molecule is COc1ccc(-c2cc(CCN)ccc2F)cc1. The van der Waals surface area contributed by atoms with Crippen molar-refractivity contribution in [1.82, 2.24) is 0 Å². The number of rotatable bonds is 4. The molecule has 0 saturated heterocycles. The summed E-state index contributed by atoms with van der Waals surface area (Å²) in [7, 11) is 1.61. The van der Waals surface area contributed by atoms with E-state index < -0.39 is 0 Å². The van der Waals surface area contributed by atoms with E-state index in [4.69, 9.17) is 10.5 Å². The van der Waals surface area contributed by atoms with Crippen molar-refractivity contribution < 1.29 is 9.13 Å². The van der Waals surface area contributed by atoms with Gasteiger partial charge in [0.25, 0.3) is 0 Å². The molecule has 0 fully saturated rings. The first-order valence-corrected chi connectivity index (χ1v) is 5.87. The fraction of sp³-hybridized carbons (Fsp3) is 0.200. The van der Waals surface area contributed by atoms with Gasteiger partial charge in [-0.05, 0) is 48.4 Å². The van der Waals surface area contributed by atoms with E-state index in [1.165, 1.54) is 6.07 Å². The van der Waals surface area contributed by atoms with E-state index in [-0.39, 0.29) is 5.82 Å². The number of nitrogens with two attached hydrogens (primary N) is 1. The van der Waals surface area contributed by atoms with E-state index in [2.05, 4.69) is 0 Å². The smallest absolute Gasteiger partial charge is 0.131 e. The van der Waals surface area contributed by atoms with Gasteiger partial charge in [0, 0.05) is 5.56 Å². The molecule has 18 heavy (non-hydrogen) atoms. The van der Waals surface area contributed by atoms with Gasteiger partial charge in [0.2, 0.25) is 0 Å². The third kappa shape index (κ3) is 2.68. The van der Waals surface area contributed by atoms with Crippen LogP contribution in [0, 0.1) is 5.82 Å². The number of hydrogen-bond donors (Lipinski definition) is 1. The van der Waals surface area contributed by atoms with Crippen molar-refractivity contribution in [2.45, 2.75) is 6.42 Å². The quantitative estimate of drug-likeness (QED) is 0.898. The molecule has 0 heterocycles. The van der Waals surface area contributed by atoms with Crippen LogP contribution in [0.4, 0.5) is 4.39 Å². The average molecular weight is 245 g/mol. The predicted molar refractivity (Wildman–Crippen MR) is 71.1 cm³/mol. The Bertz CT molecular complexity index is 523. The summed E-state index contributed by atoms with van der Waals surface area (Å²) in [4.78, 5) is 0. The molecule has 3 heteroatoms. The van der Waals surface area contributed by atoms with E-state index in [1.54, 1.807) is 13.2 Å². The van der Waals surface area contributed by atoms with Gasteiger partial charge in [-0.3, -0.25) is 0 Å². The van der Waals surface area contributed by atoms with E-state index >= 15 is 0 Å². The molecular weight excluding hydrogens is 229 g/mol. The minimum absolute atomic E-state index is 0.221. The Hall–Kier alpha value is -1.87. The van der Waals surface area contributed by atoms with Crippen molar-refractivity contribution in [2.24, 2.45) is 5.73 Å². The second-order valence-corrected chi connectivity index (χ2v) is 4.08. The molecule has 0 aromatic heterocycles. The predicted octanol–water partition coefficient (Wildman–Crippen LogP) is 3.00. The van der Waals surface area contributed by atoms with Crippen molar-refractivity contribution in [1.29, 1.82) is 0 Å². The van der Waals surface area contributed by atoms with Crippen molar-refractivity contribution in [3.63, 3.8) is 0 Å². The fourth-order valence-electron chi connectivity index (χ4n) is 1.89. The lowest BCUT2D eigenvalue weighted by Gasteiger charge is -2.07. The maximum absolute atomic E-state index is 13.8. The molecule has 0 aliphatic carbocycles. The molecule has 94 valence electrons. The van der Waals surface area contributed by atoms with Crippen molar-refractivity contribution in [3.8, 4) is 16.9 Å². The fourth-order valence-corrected chi connectivity index (χ4v) is 1.89. The minimum atomic E-state index is -0.221. The van der Waals surface area contributed by atoms with Crippen LogP contribution in [0.5, 0.6) is 5.75 Å². The Kier molecular flexibility index (Phi) is 3.95. The molecule has 0 atom stereocenters. The zero-order chi connectivity index (χ0) is 13.0.